The van der Waals surface area contributed by atoms with Crippen molar-refractivity contribution in [2.45, 2.75) is 42.6 Å². The minimum atomic E-state index is 0.288. The first kappa shape index (κ1) is 18.2. The van der Waals surface area contributed by atoms with Crippen molar-refractivity contribution in [2.24, 2.45) is 0 Å². The molecule has 3 rings (SSSR count). The monoisotopic (exact) mass is 372 g/mol. The van der Waals surface area contributed by atoms with Gasteiger partial charge in [-0.2, -0.15) is 0 Å². The van der Waals surface area contributed by atoms with Crippen molar-refractivity contribution in [3.05, 3.63) is 53.6 Å². The maximum atomic E-state index is 5.59. The van der Waals surface area contributed by atoms with Gasteiger partial charge in [0.2, 0.25) is 0 Å². The predicted octanol–water partition coefficient (Wildman–Crippen LogP) is 4.92. The first-order valence-corrected chi connectivity index (χ1v) is 9.84. The second-order valence-electron chi connectivity index (χ2n) is 6.37. The van der Waals surface area contributed by atoms with Gasteiger partial charge in [0.1, 0.15) is 0 Å². The lowest BCUT2D eigenvalue weighted by molar-refractivity contribution is 0.114. The van der Waals surface area contributed by atoms with E-state index in [0.717, 1.165) is 31.7 Å². The van der Waals surface area contributed by atoms with Crippen LogP contribution in [0.5, 0.6) is 0 Å². The van der Waals surface area contributed by atoms with Gasteiger partial charge in [0.25, 0.3) is 0 Å². The van der Waals surface area contributed by atoms with E-state index < -0.39 is 0 Å². The van der Waals surface area contributed by atoms with E-state index in [-0.39, 0.29) is 6.10 Å². The van der Waals surface area contributed by atoms with Gasteiger partial charge in [-0.05, 0) is 74.8 Å². The first-order chi connectivity index (χ1) is 12.1. The van der Waals surface area contributed by atoms with E-state index in [4.69, 9.17) is 17.0 Å². The third kappa shape index (κ3) is 5.46. The van der Waals surface area contributed by atoms with Crippen LogP contribution in [0.4, 0.5) is 5.69 Å². The summed E-state index contributed by atoms with van der Waals surface area (Å²) in [6.45, 7) is 5.92. The largest absolute Gasteiger partial charge is 0.376 e. The summed E-state index contributed by atoms with van der Waals surface area (Å²) in [6, 6.07) is 14.9. The zero-order valence-electron chi connectivity index (χ0n) is 14.7. The Hall–Kier alpha value is -1.56. The molecule has 1 heterocycles. The predicted molar refractivity (Wildman–Crippen MR) is 110 cm³/mol. The molecule has 0 spiro atoms. The number of anilines is 1. The van der Waals surface area contributed by atoms with Gasteiger partial charge in [0.15, 0.2) is 5.11 Å². The highest BCUT2D eigenvalue weighted by Gasteiger charge is 2.15. The SMILES string of the molecule is Cc1ccc(Sc2ccc(NC(=S)NC[C@H]3CCCO3)cc2)c(C)c1. The first-order valence-electron chi connectivity index (χ1n) is 8.62. The normalized spacial score (nSPS) is 16.6. The number of hydrogen-bond acceptors (Lipinski definition) is 3. The highest BCUT2D eigenvalue weighted by Crippen LogP contribution is 2.31. The van der Waals surface area contributed by atoms with Crippen LogP contribution in [0, 0.1) is 13.8 Å². The van der Waals surface area contributed by atoms with Crippen LogP contribution < -0.4 is 10.6 Å². The van der Waals surface area contributed by atoms with Gasteiger partial charge in [0, 0.05) is 28.6 Å². The smallest absolute Gasteiger partial charge is 0.170 e. The second kappa shape index (κ2) is 8.70. The lowest BCUT2D eigenvalue weighted by Gasteiger charge is -2.14. The van der Waals surface area contributed by atoms with Gasteiger partial charge < -0.3 is 15.4 Å². The molecule has 25 heavy (non-hydrogen) atoms. The molecule has 1 fully saturated rings. The Morgan fingerprint density at radius 3 is 2.68 bits per heavy atom. The summed E-state index contributed by atoms with van der Waals surface area (Å²) in [5.41, 5.74) is 3.60. The molecular formula is C20H24N2OS2. The minimum Gasteiger partial charge on any atom is -0.376 e. The summed E-state index contributed by atoms with van der Waals surface area (Å²) >= 11 is 7.14. The van der Waals surface area contributed by atoms with Crippen molar-refractivity contribution in [1.29, 1.82) is 0 Å². The maximum Gasteiger partial charge on any atom is 0.170 e. The molecule has 0 aliphatic carbocycles. The summed E-state index contributed by atoms with van der Waals surface area (Å²) in [4.78, 5) is 2.51. The van der Waals surface area contributed by atoms with Gasteiger partial charge in [-0.25, -0.2) is 0 Å². The lowest BCUT2D eigenvalue weighted by atomic mass is 10.2. The van der Waals surface area contributed by atoms with Crippen LogP contribution in [0.3, 0.4) is 0 Å². The number of benzene rings is 2. The highest BCUT2D eigenvalue weighted by atomic mass is 32.2. The third-order valence-electron chi connectivity index (χ3n) is 4.18. The van der Waals surface area contributed by atoms with E-state index in [2.05, 4.69) is 66.9 Å². The quantitative estimate of drug-likeness (QED) is 0.728. The van der Waals surface area contributed by atoms with E-state index in [9.17, 15) is 0 Å². The molecular weight excluding hydrogens is 348 g/mol. The topological polar surface area (TPSA) is 33.3 Å². The zero-order chi connectivity index (χ0) is 17.6. The molecule has 1 aliphatic heterocycles. The van der Waals surface area contributed by atoms with Crippen LogP contribution in [0.15, 0.2) is 52.3 Å². The Kier molecular flexibility index (Phi) is 6.34. The van der Waals surface area contributed by atoms with Crippen molar-refractivity contribution in [1.82, 2.24) is 5.32 Å². The molecule has 0 amide bonds. The fourth-order valence-corrected chi connectivity index (χ4v) is 3.92. The van der Waals surface area contributed by atoms with Crippen LogP contribution in [-0.2, 0) is 4.74 Å². The number of nitrogens with one attached hydrogen (secondary N) is 2. The summed E-state index contributed by atoms with van der Waals surface area (Å²) in [5.74, 6) is 0. The molecule has 0 aromatic heterocycles. The number of aryl methyl sites for hydroxylation is 2. The maximum absolute atomic E-state index is 5.59. The molecule has 1 aliphatic rings. The number of rotatable bonds is 5. The fourth-order valence-electron chi connectivity index (χ4n) is 2.83. The van der Waals surface area contributed by atoms with Crippen LogP contribution >= 0.6 is 24.0 Å². The minimum absolute atomic E-state index is 0.288. The van der Waals surface area contributed by atoms with Crippen LogP contribution in [0.1, 0.15) is 24.0 Å². The molecule has 0 unspecified atom stereocenters. The van der Waals surface area contributed by atoms with Gasteiger partial charge in [-0.15, -0.1) is 0 Å². The molecule has 0 bridgehead atoms. The van der Waals surface area contributed by atoms with Crippen molar-refractivity contribution in [3.63, 3.8) is 0 Å². The van der Waals surface area contributed by atoms with Gasteiger partial charge in [-0.3, -0.25) is 0 Å². The van der Waals surface area contributed by atoms with E-state index >= 15 is 0 Å². The van der Waals surface area contributed by atoms with Crippen molar-refractivity contribution < 1.29 is 4.74 Å². The average molecular weight is 373 g/mol. The lowest BCUT2D eigenvalue weighted by Crippen LogP contribution is -2.34. The Morgan fingerprint density at radius 1 is 1.20 bits per heavy atom. The fraction of sp³-hybridized carbons (Fsp3) is 0.350. The van der Waals surface area contributed by atoms with Gasteiger partial charge in [-0.1, -0.05) is 29.5 Å². The molecule has 1 atom stereocenters. The molecule has 2 aromatic carbocycles. The second-order valence-corrected chi connectivity index (χ2v) is 7.89. The third-order valence-corrected chi connectivity index (χ3v) is 5.62. The van der Waals surface area contributed by atoms with E-state index in [0.29, 0.717) is 5.11 Å². The standard InChI is InChI=1S/C20H24N2OS2/c1-14-5-10-19(15(2)12-14)25-18-8-6-16(7-9-18)22-20(24)21-13-17-4-3-11-23-17/h5-10,12,17H,3-4,11,13H2,1-2H3,(H2,21,22,24)/t17-/m1/s1. The molecule has 5 heteroatoms. The number of thiocarbonyl (C=S) groups is 1. The number of ether oxygens (including phenoxy) is 1. The number of hydrogen-bond donors (Lipinski definition) is 2. The molecule has 2 aromatic rings. The molecule has 0 radical (unpaired) electrons. The van der Waals surface area contributed by atoms with E-state index in [1.165, 1.54) is 20.9 Å². The Bertz CT molecular complexity index is 725. The summed E-state index contributed by atoms with van der Waals surface area (Å²) in [5, 5.41) is 7.11. The van der Waals surface area contributed by atoms with E-state index in [1.807, 2.05) is 0 Å². The van der Waals surface area contributed by atoms with Crippen molar-refractivity contribution in [2.75, 3.05) is 18.5 Å². The van der Waals surface area contributed by atoms with Crippen LogP contribution in [0.25, 0.3) is 0 Å². The average Bonchev–Trinajstić information content (AvgIpc) is 3.11. The zero-order valence-corrected chi connectivity index (χ0v) is 16.3. The Morgan fingerprint density at radius 2 is 2.00 bits per heavy atom. The molecule has 132 valence electrons. The van der Waals surface area contributed by atoms with Crippen molar-refractivity contribution >= 4 is 34.8 Å². The summed E-state index contributed by atoms with van der Waals surface area (Å²) in [7, 11) is 0. The molecule has 3 nitrogen and oxygen atoms in total. The van der Waals surface area contributed by atoms with Gasteiger partial charge in [0.05, 0.1) is 6.10 Å². The van der Waals surface area contributed by atoms with Crippen LogP contribution in [-0.4, -0.2) is 24.4 Å². The molecule has 1 saturated heterocycles. The van der Waals surface area contributed by atoms with Gasteiger partial charge >= 0.3 is 0 Å². The Labute approximate surface area is 159 Å². The summed E-state index contributed by atoms with van der Waals surface area (Å²) in [6.07, 6.45) is 2.54. The summed E-state index contributed by atoms with van der Waals surface area (Å²) < 4.78 is 5.59. The van der Waals surface area contributed by atoms with E-state index in [1.54, 1.807) is 11.8 Å². The molecule has 0 saturated carbocycles. The van der Waals surface area contributed by atoms with Crippen LogP contribution in [0.2, 0.25) is 0 Å². The Balaban J connectivity index is 1.52. The van der Waals surface area contributed by atoms with Crippen molar-refractivity contribution in [3.8, 4) is 0 Å². The highest BCUT2D eigenvalue weighted by molar-refractivity contribution is 7.99. The molecule has 2 N–H and O–H groups in total.